The van der Waals surface area contributed by atoms with Crippen molar-refractivity contribution < 1.29 is 9.53 Å². The monoisotopic (exact) mass is 503 g/mol. The Morgan fingerprint density at radius 2 is 1.54 bits per heavy atom. The number of ether oxygens (including phenoxy) is 1. The Morgan fingerprint density at radius 3 is 2.24 bits per heavy atom. The summed E-state index contributed by atoms with van der Waals surface area (Å²) in [5.74, 6) is 2.45. The summed E-state index contributed by atoms with van der Waals surface area (Å²) in [6.45, 7) is 8.15. The number of likely N-dealkylation sites (tertiary alicyclic amines) is 1. The lowest BCUT2D eigenvalue weighted by atomic mass is 9.80. The maximum absolute atomic E-state index is 13.7. The fraction of sp³-hybridized carbons (Fsp3) is 0.594. The van der Waals surface area contributed by atoms with Gasteiger partial charge in [0.1, 0.15) is 11.5 Å². The molecule has 2 aliphatic heterocycles. The lowest BCUT2D eigenvalue weighted by molar-refractivity contribution is -0.00829. The summed E-state index contributed by atoms with van der Waals surface area (Å²) >= 11 is 0. The molecule has 5 nitrogen and oxygen atoms in total. The second-order valence-corrected chi connectivity index (χ2v) is 11.5. The van der Waals surface area contributed by atoms with Gasteiger partial charge < -0.3 is 14.5 Å². The molecule has 3 aliphatic rings. The highest BCUT2D eigenvalue weighted by atomic mass is 16.5. The Bertz CT molecular complexity index is 979. The first-order valence-electron chi connectivity index (χ1n) is 14.8. The maximum Gasteiger partial charge on any atom is 0.320 e. The summed E-state index contributed by atoms with van der Waals surface area (Å²) in [5.41, 5.74) is 1.37. The van der Waals surface area contributed by atoms with Crippen LogP contribution in [0, 0.1) is 5.92 Å². The number of nitrogens with zero attached hydrogens (tertiary/aromatic N) is 3. The summed E-state index contributed by atoms with van der Waals surface area (Å²) in [5, 5.41) is 0. The van der Waals surface area contributed by atoms with E-state index in [4.69, 9.17) is 4.74 Å². The van der Waals surface area contributed by atoms with Crippen molar-refractivity contribution in [3.05, 3.63) is 60.2 Å². The Hall–Kier alpha value is -2.53. The third kappa shape index (κ3) is 6.49. The van der Waals surface area contributed by atoms with E-state index in [0.29, 0.717) is 11.9 Å². The van der Waals surface area contributed by atoms with Crippen LogP contribution in [0.4, 0.5) is 4.79 Å². The van der Waals surface area contributed by atoms with Gasteiger partial charge >= 0.3 is 6.03 Å². The van der Waals surface area contributed by atoms with E-state index in [1.54, 1.807) is 0 Å². The van der Waals surface area contributed by atoms with Crippen molar-refractivity contribution in [2.24, 2.45) is 5.92 Å². The van der Waals surface area contributed by atoms with Crippen LogP contribution >= 0.6 is 0 Å². The van der Waals surface area contributed by atoms with Crippen molar-refractivity contribution >= 4 is 6.03 Å². The first-order chi connectivity index (χ1) is 18.1. The number of rotatable bonds is 9. The predicted octanol–water partition coefficient (Wildman–Crippen LogP) is 7.32. The van der Waals surface area contributed by atoms with Gasteiger partial charge in [-0.1, -0.05) is 62.9 Å². The van der Waals surface area contributed by atoms with Crippen LogP contribution in [0.25, 0.3) is 0 Å². The number of urea groups is 1. The minimum atomic E-state index is 0.0548. The van der Waals surface area contributed by atoms with Crippen LogP contribution in [0.15, 0.2) is 54.6 Å². The van der Waals surface area contributed by atoms with Gasteiger partial charge in [-0.3, -0.25) is 4.90 Å². The Labute approximate surface area is 223 Å². The SMILES string of the molecule is CCCCN1C(=O)N(CC2CCCCC2)CCC12CCN(Cc1ccc(Oc3ccccc3)cc1)CC2. The summed E-state index contributed by atoms with van der Waals surface area (Å²) in [6.07, 6.45) is 12.2. The summed E-state index contributed by atoms with van der Waals surface area (Å²) in [7, 11) is 0. The van der Waals surface area contributed by atoms with Crippen molar-refractivity contribution in [1.29, 1.82) is 0 Å². The highest BCUT2D eigenvalue weighted by Crippen LogP contribution is 2.38. The van der Waals surface area contributed by atoms with E-state index in [0.717, 1.165) is 82.9 Å². The molecule has 1 aliphatic carbocycles. The number of hydrogen-bond acceptors (Lipinski definition) is 3. The second-order valence-electron chi connectivity index (χ2n) is 11.5. The standard InChI is InChI=1S/C32H45N3O2/c1-2-3-21-35-31(36)34(26-27-10-6-4-7-11-27)24-20-32(35)18-22-33(23-19-32)25-28-14-16-30(17-15-28)37-29-12-8-5-9-13-29/h5,8-9,12-17,27H,2-4,6-7,10-11,18-26H2,1H3. The molecule has 2 saturated heterocycles. The largest absolute Gasteiger partial charge is 0.457 e. The third-order valence-corrected chi connectivity index (χ3v) is 8.95. The van der Waals surface area contributed by atoms with Gasteiger partial charge in [-0.05, 0) is 74.3 Å². The van der Waals surface area contributed by atoms with E-state index < -0.39 is 0 Å². The summed E-state index contributed by atoms with van der Waals surface area (Å²) in [4.78, 5) is 20.8. The summed E-state index contributed by atoms with van der Waals surface area (Å²) in [6, 6.07) is 18.8. The van der Waals surface area contributed by atoms with Crippen LogP contribution in [-0.4, -0.2) is 59.0 Å². The van der Waals surface area contributed by atoms with Gasteiger partial charge in [0, 0.05) is 44.8 Å². The Kier molecular flexibility index (Phi) is 8.70. The van der Waals surface area contributed by atoms with Crippen molar-refractivity contribution in [3.8, 4) is 11.5 Å². The molecule has 5 heteroatoms. The van der Waals surface area contributed by atoms with Crippen molar-refractivity contribution in [2.45, 2.75) is 83.2 Å². The minimum absolute atomic E-state index is 0.0548. The van der Waals surface area contributed by atoms with Crippen molar-refractivity contribution in [1.82, 2.24) is 14.7 Å². The molecule has 0 bridgehead atoms. The molecule has 2 amide bonds. The predicted molar refractivity (Wildman–Crippen MR) is 150 cm³/mol. The maximum atomic E-state index is 13.7. The molecule has 0 unspecified atom stereocenters. The quantitative estimate of drug-likeness (QED) is 0.360. The number of hydrogen-bond donors (Lipinski definition) is 0. The van der Waals surface area contributed by atoms with Crippen LogP contribution < -0.4 is 4.74 Å². The lowest BCUT2D eigenvalue weighted by Crippen LogP contribution is -2.65. The third-order valence-electron chi connectivity index (χ3n) is 8.95. The molecule has 200 valence electrons. The average Bonchev–Trinajstić information content (AvgIpc) is 2.94. The van der Waals surface area contributed by atoms with Crippen LogP contribution in [0.2, 0.25) is 0 Å². The topological polar surface area (TPSA) is 36.0 Å². The zero-order chi connectivity index (χ0) is 25.5. The second kappa shape index (κ2) is 12.3. The van der Waals surface area contributed by atoms with E-state index in [1.807, 2.05) is 30.3 Å². The molecule has 37 heavy (non-hydrogen) atoms. The molecule has 0 radical (unpaired) electrons. The Balaban J connectivity index is 1.16. The molecule has 5 rings (SSSR count). The van der Waals surface area contributed by atoms with Gasteiger partial charge in [0.2, 0.25) is 0 Å². The number of carbonyl (C=O) groups is 1. The molecule has 1 saturated carbocycles. The van der Waals surface area contributed by atoms with E-state index in [2.05, 4.69) is 45.9 Å². The molecule has 0 N–H and O–H groups in total. The minimum Gasteiger partial charge on any atom is -0.457 e. The lowest BCUT2D eigenvalue weighted by Gasteiger charge is -2.54. The van der Waals surface area contributed by atoms with Gasteiger partial charge in [0.05, 0.1) is 0 Å². The average molecular weight is 504 g/mol. The zero-order valence-electron chi connectivity index (χ0n) is 22.7. The van der Waals surface area contributed by atoms with E-state index in [-0.39, 0.29) is 5.54 Å². The van der Waals surface area contributed by atoms with Crippen molar-refractivity contribution in [3.63, 3.8) is 0 Å². The summed E-state index contributed by atoms with van der Waals surface area (Å²) < 4.78 is 5.95. The fourth-order valence-corrected chi connectivity index (χ4v) is 6.64. The first-order valence-corrected chi connectivity index (χ1v) is 14.8. The number of para-hydroxylation sites is 1. The molecule has 0 aromatic heterocycles. The highest BCUT2D eigenvalue weighted by Gasteiger charge is 2.46. The smallest absolute Gasteiger partial charge is 0.320 e. The van der Waals surface area contributed by atoms with Gasteiger partial charge in [-0.25, -0.2) is 4.79 Å². The van der Waals surface area contributed by atoms with Gasteiger partial charge in [-0.15, -0.1) is 0 Å². The highest BCUT2D eigenvalue weighted by molar-refractivity contribution is 5.76. The van der Waals surface area contributed by atoms with E-state index in [1.165, 1.54) is 37.7 Å². The van der Waals surface area contributed by atoms with Crippen LogP contribution in [0.5, 0.6) is 11.5 Å². The molecule has 2 aromatic carbocycles. The molecular weight excluding hydrogens is 458 g/mol. The van der Waals surface area contributed by atoms with E-state index in [9.17, 15) is 4.79 Å². The van der Waals surface area contributed by atoms with Gasteiger partial charge in [-0.2, -0.15) is 0 Å². The molecule has 1 spiro atoms. The fourth-order valence-electron chi connectivity index (χ4n) is 6.64. The normalized spacial score (nSPS) is 20.9. The zero-order valence-corrected chi connectivity index (χ0v) is 22.7. The van der Waals surface area contributed by atoms with Gasteiger partial charge in [0.25, 0.3) is 0 Å². The van der Waals surface area contributed by atoms with Crippen LogP contribution in [-0.2, 0) is 6.54 Å². The molecule has 3 fully saturated rings. The van der Waals surface area contributed by atoms with Crippen LogP contribution in [0.1, 0.15) is 76.7 Å². The molecule has 2 aromatic rings. The molecule has 2 heterocycles. The molecule has 0 atom stereocenters. The number of piperidine rings is 1. The number of carbonyl (C=O) groups excluding carboxylic acids is 1. The molecular formula is C32H45N3O2. The number of unbranched alkanes of at least 4 members (excludes halogenated alkanes) is 1. The number of benzene rings is 2. The van der Waals surface area contributed by atoms with Crippen molar-refractivity contribution in [2.75, 3.05) is 32.7 Å². The number of amides is 2. The van der Waals surface area contributed by atoms with Gasteiger partial charge in [0.15, 0.2) is 0 Å². The van der Waals surface area contributed by atoms with Crippen LogP contribution in [0.3, 0.4) is 0 Å². The Morgan fingerprint density at radius 1 is 0.865 bits per heavy atom. The van der Waals surface area contributed by atoms with E-state index >= 15 is 0 Å². The first kappa shape index (κ1) is 26.1.